The summed E-state index contributed by atoms with van der Waals surface area (Å²) < 4.78 is 16.4. The summed E-state index contributed by atoms with van der Waals surface area (Å²) in [6.07, 6.45) is 6.79. The fourth-order valence-corrected chi connectivity index (χ4v) is 4.25. The highest BCUT2D eigenvalue weighted by molar-refractivity contribution is 6.36. The van der Waals surface area contributed by atoms with Crippen LogP contribution in [-0.2, 0) is 6.42 Å². The second-order valence-electron chi connectivity index (χ2n) is 7.37. The minimum Gasteiger partial charge on any atom is -0.285 e. The van der Waals surface area contributed by atoms with E-state index in [1.807, 2.05) is 47.0 Å². The topological polar surface area (TPSA) is 43.1 Å². The quantitative estimate of drug-likeness (QED) is 0.424. The van der Waals surface area contributed by atoms with E-state index in [0.29, 0.717) is 29.9 Å². The van der Waals surface area contributed by atoms with Gasteiger partial charge >= 0.3 is 0 Å². The van der Waals surface area contributed by atoms with Gasteiger partial charge in [0.2, 0.25) is 0 Å². The fourth-order valence-electron chi connectivity index (χ4n) is 3.96. The second kappa shape index (κ2) is 6.38. The molecule has 4 aromatic rings. The summed E-state index contributed by atoms with van der Waals surface area (Å²) in [6, 6.07) is 11.9. The minimum atomic E-state index is -1.15. The number of para-hydroxylation sites is 1. The van der Waals surface area contributed by atoms with Crippen molar-refractivity contribution in [3.8, 4) is 11.1 Å². The van der Waals surface area contributed by atoms with Gasteiger partial charge in [-0.05, 0) is 25.0 Å². The number of halogens is 2. The molecule has 0 aliphatic heterocycles. The van der Waals surface area contributed by atoms with Gasteiger partial charge in [-0.1, -0.05) is 41.9 Å². The van der Waals surface area contributed by atoms with Crippen molar-refractivity contribution in [2.45, 2.75) is 24.9 Å². The standard InChI is InChI=1S/C22H18ClFN4/c1-2-9-22(24)13-15(22)12-18-26-27-21-19(23)16(8-11-28(18)21)17-7-3-5-14-6-4-10-25-20(14)17/h2-8,10-11,15H,1,9,12-13H2. The SMILES string of the molecule is C=CCC1(F)CC1Cc1nnc2c(Cl)c(-c3cccc4cccnc34)ccn12. The molecule has 1 aliphatic carbocycles. The first kappa shape index (κ1) is 17.3. The molecule has 1 aromatic carbocycles. The Morgan fingerprint density at radius 2 is 2.07 bits per heavy atom. The molecule has 1 aliphatic rings. The van der Waals surface area contributed by atoms with Crippen LogP contribution in [0.15, 0.2) is 61.4 Å². The Bertz CT molecular complexity index is 1210. The maximum absolute atomic E-state index is 14.5. The molecule has 0 spiro atoms. The highest BCUT2D eigenvalue weighted by atomic mass is 35.5. The predicted octanol–water partition coefficient (Wildman–Crippen LogP) is 5.44. The average Bonchev–Trinajstić information content (AvgIpc) is 3.14. The number of benzene rings is 1. The number of rotatable bonds is 5. The predicted molar refractivity (Wildman–Crippen MR) is 109 cm³/mol. The molecule has 140 valence electrons. The fraction of sp³-hybridized carbons (Fsp3) is 0.227. The van der Waals surface area contributed by atoms with Crippen molar-refractivity contribution in [1.82, 2.24) is 19.6 Å². The van der Waals surface area contributed by atoms with Gasteiger partial charge in [0, 0.05) is 41.2 Å². The van der Waals surface area contributed by atoms with Crippen LogP contribution in [0.3, 0.4) is 0 Å². The van der Waals surface area contributed by atoms with Crippen LogP contribution in [0.2, 0.25) is 5.02 Å². The smallest absolute Gasteiger partial charge is 0.180 e. The number of fused-ring (bicyclic) bond motifs is 2. The average molecular weight is 393 g/mol. The summed E-state index contributed by atoms with van der Waals surface area (Å²) in [5, 5.41) is 10.1. The number of hydrogen-bond donors (Lipinski definition) is 0. The monoisotopic (exact) mass is 392 g/mol. The summed E-state index contributed by atoms with van der Waals surface area (Å²) in [4.78, 5) is 4.51. The van der Waals surface area contributed by atoms with Crippen LogP contribution in [0.4, 0.5) is 4.39 Å². The summed E-state index contributed by atoms with van der Waals surface area (Å²) in [5.41, 5.74) is 2.13. The van der Waals surface area contributed by atoms with Crippen molar-refractivity contribution >= 4 is 28.2 Å². The van der Waals surface area contributed by atoms with Crippen molar-refractivity contribution in [3.05, 3.63) is 72.3 Å². The van der Waals surface area contributed by atoms with Gasteiger partial charge in [0.25, 0.3) is 0 Å². The number of allylic oxidation sites excluding steroid dienone is 1. The van der Waals surface area contributed by atoms with Crippen molar-refractivity contribution in [1.29, 1.82) is 0 Å². The zero-order valence-corrected chi connectivity index (χ0v) is 15.9. The molecule has 2 unspecified atom stereocenters. The van der Waals surface area contributed by atoms with Gasteiger partial charge in [0.15, 0.2) is 5.65 Å². The van der Waals surface area contributed by atoms with E-state index in [-0.39, 0.29) is 5.92 Å². The molecule has 5 rings (SSSR count). The third-order valence-corrected chi connectivity index (χ3v) is 5.95. The number of aromatic nitrogens is 4. The molecule has 1 saturated carbocycles. The van der Waals surface area contributed by atoms with Crippen molar-refractivity contribution < 1.29 is 4.39 Å². The number of alkyl halides is 1. The van der Waals surface area contributed by atoms with Gasteiger partial charge in [-0.25, -0.2) is 4.39 Å². The Morgan fingerprint density at radius 3 is 2.93 bits per heavy atom. The lowest BCUT2D eigenvalue weighted by Crippen LogP contribution is -2.06. The van der Waals surface area contributed by atoms with Crippen LogP contribution < -0.4 is 0 Å². The largest absolute Gasteiger partial charge is 0.285 e. The summed E-state index contributed by atoms with van der Waals surface area (Å²) in [5.74, 6) is 0.687. The van der Waals surface area contributed by atoms with Gasteiger partial charge < -0.3 is 0 Å². The van der Waals surface area contributed by atoms with E-state index in [4.69, 9.17) is 11.6 Å². The maximum Gasteiger partial charge on any atom is 0.180 e. The Kier molecular flexibility index (Phi) is 3.95. The first-order valence-corrected chi connectivity index (χ1v) is 9.64. The lowest BCUT2D eigenvalue weighted by Gasteiger charge is -2.09. The first-order chi connectivity index (χ1) is 13.6. The Balaban J connectivity index is 1.55. The van der Waals surface area contributed by atoms with E-state index in [1.54, 1.807) is 12.3 Å². The second-order valence-corrected chi connectivity index (χ2v) is 7.74. The Labute approximate surface area is 166 Å². The van der Waals surface area contributed by atoms with Gasteiger partial charge in [-0.3, -0.25) is 9.38 Å². The van der Waals surface area contributed by atoms with Crippen molar-refractivity contribution in [2.75, 3.05) is 0 Å². The molecular formula is C22H18ClFN4. The molecule has 3 heterocycles. The number of nitrogens with zero attached hydrogens (tertiary/aromatic N) is 4. The molecule has 3 aromatic heterocycles. The number of hydrogen-bond acceptors (Lipinski definition) is 3. The van der Waals surface area contributed by atoms with E-state index in [1.165, 1.54) is 0 Å². The highest BCUT2D eigenvalue weighted by Crippen LogP contribution is 2.51. The van der Waals surface area contributed by atoms with E-state index >= 15 is 0 Å². The van der Waals surface area contributed by atoms with Crippen LogP contribution in [-0.4, -0.2) is 25.3 Å². The molecular weight excluding hydrogens is 375 g/mol. The molecule has 4 nitrogen and oxygen atoms in total. The summed E-state index contributed by atoms with van der Waals surface area (Å²) >= 11 is 6.71. The maximum atomic E-state index is 14.5. The number of pyridine rings is 2. The van der Waals surface area contributed by atoms with Crippen LogP contribution in [0.1, 0.15) is 18.7 Å². The van der Waals surface area contributed by atoms with Crippen molar-refractivity contribution in [2.24, 2.45) is 5.92 Å². The third-order valence-electron chi connectivity index (χ3n) is 5.58. The molecule has 0 saturated heterocycles. The van der Waals surface area contributed by atoms with E-state index in [0.717, 1.165) is 27.9 Å². The van der Waals surface area contributed by atoms with Gasteiger partial charge in [-0.2, -0.15) is 0 Å². The minimum absolute atomic E-state index is 0.0429. The lowest BCUT2D eigenvalue weighted by atomic mass is 10.0. The molecule has 0 radical (unpaired) electrons. The molecule has 1 fully saturated rings. The van der Waals surface area contributed by atoms with Gasteiger partial charge in [0.05, 0.1) is 10.5 Å². The molecule has 6 heteroatoms. The van der Waals surface area contributed by atoms with Crippen molar-refractivity contribution in [3.63, 3.8) is 0 Å². The third kappa shape index (κ3) is 2.69. The normalized spacial score (nSPS) is 21.3. The summed E-state index contributed by atoms with van der Waals surface area (Å²) in [7, 11) is 0. The molecule has 2 atom stereocenters. The Morgan fingerprint density at radius 1 is 1.21 bits per heavy atom. The van der Waals surface area contributed by atoms with Gasteiger partial charge in [-0.15, -0.1) is 16.8 Å². The molecule has 0 amide bonds. The summed E-state index contributed by atoms with van der Waals surface area (Å²) in [6.45, 7) is 3.64. The first-order valence-electron chi connectivity index (χ1n) is 9.27. The zero-order valence-electron chi connectivity index (χ0n) is 15.1. The van der Waals surface area contributed by atoms with Crippen LogP contribution >= 0.6 is 11.6 Å². The highest BCUT2D eigenvalue weighted by Gasteiger charge is 2.54. The molecule has 0 bridgehead atoms. The van der Waals surface area contributed by atoms with Crippen LogP contribution in [0.25, 0.3) is 27.7 Å². The van der Waals surface area contributed by atoms with Crippen LogP contribution in [0.5, 0.6) is 0 Å². The van der Waals surface area contributed by atoms with Gasteiger partial charge in [0.1, 0.15) is 11.5 Å². The molecule has 0 N–H and O–H groups in total. The zero-order chi connectivity index (χ0) is 19.3. The molecule has 28 heavy (non-hydrogen) atoms. The van der Waals surface area contributed by atoms with E-state index in [9.17, 15) is 4.39 Å². The van der Waals surface area contributed by atoms with E-state index in [2.05, 4.69) is 21.8 Å². The lowest BCUT2D eigenvalue weighted by molar-refractivity contribution is 0.282. The van der Waals surface area contributed by atoms with E-state index < -0.39 is 5.67 Å². The Hall–Kier alpha value is -2.79. The van der Waals surface area contributed by atoms with Crippen LogP contribution in [0, 0.1) is 5.92 Å².